The summed E-state index contributed by atoms with van der Waals surface area (Å²) in [7, 11) is 0. The molecule has 0 aliphatic rings. The second-order valence-electron chi connectivity index (χ2n) is 3.83. The number of hydrogen-bond donors (Lipinski definition) is 1. The third-order valence-electron chi connectivity index (χ3n) is 2.70. The van der Waals surface area contributed by atoms with Crippen LogP contribution in [0.25, 0.3) is 22.4 Å². The molecule has 0 unspecified atom stereocenters. The van der Waals surface area contributed by atoms with E-state index in [1.165, 1.54) is 0 Å². The minimum Gasteiger partial charge on any atom is -0.338 e. The van der Waals surface area contributed by atoms with Crippen LogP contribution >= 0.6 is 0 Å². The maximum atomic E-state index is 10.4. The first-order valence-electron chi connectivity index (χ1n) is 5.50. The molecule has 4 nitrogen and oxygen atoms in total. The lowest BCUT2D eigenvalue weighted by atomic mass is 10.2. The van der Waals surface area contributed by atoms with E-state index in [9.17, 15) is 4.79 Å². The van der Waals surface area contributed by atoms with Crippen molar-refractivity contribution in [1.29, 1.82) is 0 Å². The molecule has 1 N–H and O–H groups in total. The van der Waals surface area contributed by atoms with Crippen molar-refractivity contribution in [2.45, 2.75) is 0 Å². The molecule has 1 heterocycles. The number of aromatic amines is 1. The zero-order valence-electron chi connectivity index (χ0n) is 9.42. The van der Waals surface area contributed by atoms with Crippen LogP contribution < -0.4 is 0 Å². The normalized spacial score (nSPS) is 10.2. The lowest BCUT2D eigenvalue weighted by Crippen LogP contribution is -1.77. The van der Waals surface area contributed by atoms with Gasteiger partial charge in [-0.3, -0.25) is 0 Å². The summed E-state index contributed by atoms with van der Waals surface area (Å²) in [5.41, 5.74) is 3.06. The van der Waals surface area contributed by atoms with Crippen LogP contribution in [0.3, 0.4) is 0 Å². The maximum Gasteiger partial charge on any atom is 0.240 e. The Morgan fingerprint density at radius 1 is 1.06 bits per heavy atom. The van der Waals surface area contributed by atoms with Gasteiger partial charge in [0.05, 0.1) is 5.52 Å². The molecular weight excluding hydrogens is 226 g/mol. The summed E-state index contributed by atoms with van der Waals surface area (Å²) < 4.78 is 0. The summed E-state index contributed by atoms with van der Waals surface area (Å²) in [4.78, 5) is 21.7. The SMILES string of the molecule is O=C=Nc1cccc2[nH]c(-c3ccccc3)nc12. The van der Waals surface area contributed by atoms with E-state index in [-0.39, 0.29) is 0 Å². The van der Waals surface area contributed by atoms with Gasteiger partial charge in [-0.05, 0) is 12.1 Å². The van der Waals surface area contributed by atoms with Gasteiger partial charge in [0.15, 0.2) is 0 Å². The predicted molar refractivity (Wildman–Crippen MR) is 69.3 cm³/mol. The van der Waals surface area contributed by atoms with Gasteiger partial charge in [0.2, 0.25) is 6.08 Å². The van der Waals surface area contributed by atoms with E-state index in [1.807, 2.05) is 42.5 Å². The molecule has 1 aromatic heterocycles. The Morgan fingerprint density at radius 2 is 1.89 bits per heavy atom. The lowest BCUT2D eigenvalue weighted by Gasteiger charge is -1.93. The first kappa shape index (κ1) is 10.4. The van der Waals surface area contributed by atoms with Crippen LogP contribution in [0.4, 0.5) is 5.69 Å². The fourth-order valence-corrected chi connectivity index (χ4v) is 1.89. The van der Waals surface area contributed by atoms with Gasteiger partial charge in [0, 0.05) is 5.56 Å². The van der Waals surface area contributed by atoms with Gasteiger partial charge in [0.25, 0.3) is 0 Å². The first-order chi connectivity index (χ1) is 8.88. The molecule has 0 saturated heterocycles. The van der Waals surface area contributed by atoms with Crippen molar-refractivity contribution in [3.63, 3.8) is 0 Å². The second-order valence-corrected chi connectivity index (χ2v) is 3.83. The number of rotatable bonds is 2. The maximum absolute atomic E-state index is 10.4. The number of H-pyrrole nitrogens is 1. The molecule has 0 bridgehead atoms. The number of imidazole rings is 1. The highest BCUT2D eigenvalue weighted by molar-refractivity contribution is 5.89. The molecule has 3 aromatic rings. The number of carbonyl (C=O) groups excluding carboxylic acids is 1. The van der Waals surface area contributed by atoms with E-state index in [0.29, 0.717) is 11.2 Å². The molecule has 0 atom stereocenters. The van der Waals surface area contributed by atoms with Gasteiger partial charge in [-0.25, -0.2) is 9.78 Å². The average Bonchev–Trinajstić information content (AvgIpc) is 2.85. The monoisotopic (exact) mass is 235 g/mol. The molecule has 0 fully saturated rings. The third-order valence-corrected chi connectivity index (χ3v) is 2.70. The number of isocyanates is 1. The van der Waals surface area contributed by atoms with Crippen LogP contribution in [0.5, 0.6) is 0 Å². The molecule has 0 amide bonds. The summed E-state index contributed by atoms with van der Waals surface area (Å²) >= 11 is 0. The second kappa shape index (κ2) is 4.28. The van der Waals surface area contributed by atoms with Gasteiger partial charge < -0.3 is 4.98 Å². The molecule has 0 aliphatic heterocycles. The number of fused-ring (bicyclic) bond motifs is 1. The average molecular weight is 235 g/mol. The highest BCUT2D eigenvalue weighted by atomic mass is 16.1. The van der Waals surface area contributed by atoms with Crippen molar-refractivity contribution in [2.24, 2.45) is 4.99 Å². The van der Waals surface area contributed by atoms with Crippen LogP contribution in [0, 0.1) is 0 Å². The Morgan fingerprint density at radius 3 is 2.67 bits per heavy atom. The zero-order valence-corrected chi connectivity index (χ0v) is 9.42. The van der Waals surface area contributed by atoms with Crippen molar-refractivity contribution in [3.05, 3.63) is 48.5 Å². The Balaban J connectivity index is 2.23. The molecule has 0 spiro atoms. The molecule has 0 saturated carbocycles. The van der Waals surface area contributed by atoms with Crippen LogP contribution in [0.15, 0.2) is 53.5 Å². The van der Waals surface area contributed by atoms with Crippen molar-refractivity contribution in [2.75, 3.05) is 0 Å². The summed E-state index contributed by atoms with van der Waals surface area (Å²) in [6.07, 6.45) is 1.55. The minimum atomic E-state index is 0.529. The van der Waals surface area contributed by atoms with E-state index in [2.05, 4.69) is 15.0 Å². The molecule has 0 radical (unpaired) electrons. The summed E-state index contributed by atoms with van der Waals surface area (Å²) in [6, 6.07) is 15.3. The van der Waals surface area contributed by atoms with E-state index in [1.54, 1.807) is 12.1 Å². The number of para-hydroxylation sites is 1. The lowest BCUT2D eigenvalue weighted by molar-refractivity contribution is 0.565. The number of benzene rings is 2. The molecular formula is C14H9N3O. The standard InChI is InChI=1S/C14H9N3O/c18-9-15-11-7-4-8-12-13(11)17-14(16-12)10-5-2-1-3-6-10/h1-8H,(H,16,17). The Kier molecular flexibility index (Phi) is 2.48. The topological polar surface area (TPSA) is 58.1 Å². The minimum absolute atomic E-state index is 0.529. The van der Waals surface area contributed by atoms with Gasteiger partial charge >= 0.3 is 0 Å². The number of nitrogens with one attached hydrogen (secondary N) is 1. The number of aliphatic imine (C=N–C) groups is 1. The highest BCUT2D eigenvalue weighted by Gasteiger charge is 2.07. The molecule has 2 aromatic carbocycles. The van der Waals surface area contributed by atoms with E-state index < -0.39 is 0 Å². The fourth-order valence-electron chi connectivity index (χ4n) is 1.89. The fraction of sp³-hybridized carbons (Fsp3) is 0. The van der Waals surface area contributed by atoms with Gasteiger partial charge in [-0.2, -0.15) is 4.99 Å². The van der Waals surface area contributed by atoms with Crippen LogP contribution in [-0.2, 0) is 4.79 Å². The Hall–Kier alpha value is -2.71. The summed E-state index contributed by atoms with van der Waals surface area (Å²) in [5, 5.41) is 0. The summed E-state index contributed by atoms with van der Waals surface area (Å²) in [5.74, 6) is 0.763. The molecule has 3 rings (SSSR count). The summed E-state index contributed by atoms with van der Waals surface area (Å²) in [6.45, 7) is 0. The Bertz CT molecular complexity index is 740. The quantitative estimate of drug-likeness (QED) is 0.547. The largest absolute Gasteiger partial charge is 0.338 e. The predicted octanol–water partition coefficient (Wildman–Crippen LogP) is 3.20. The number of nitrogens with zero attached hydrogens (tertiary/aromatic N) is 2. The van der Waals surface area contributed by atoms with Crippen LogP contribution in [0.2, 0.25) is 0 Å². The van der Waals surface area contributed by atoms with Crippen LogP contribution in [-0.4, -0.2) is 16.0 Å². The highest BCUT2D eigenvalue weighted by Crippen LogP contribution is 2.26. The van der Waals surface area contributed by atoms with Crippen molar-refractivity contribution < 1.29 is 4.79 Å². The van der Waals surface area contributed by atoms with Crippen molar-refractivity contribution >= 4 is 22.8 Å². The van der Waals surface area contributed by atoms with Gasteiger partial charge in [-0.15, -0.1) is 0 Å². The molecule has 86 valence electrons. The molecule has 0 aliphatic carbocycles. The third kappa shape index (κ3) is 1.71. The number of aromatic nitrogens is 2. The molecule has 4 heteroatoms. The van der Waals surface area contributed by atoms with Crippen LogP contribution in [0.1, 0.15) is 0 Å². The van der Waals surface area contributed by atoms with E-state index in [0.717, 1.165) is 16.9 Å². The zero-order chi connectivity index (χ0) is 12.4. The van der Waals surface area contributed by atoms with E-state index >= 15 is 0 Å². The Labute approximate surface area is 103 Å². The van der Waals surface area contributed by atoms with Gasteiger partial charge in [0.1, 0.15) is 17.0 Å². The smallest absolute Gasteiger partial charge is 0.240 e. The van der Waals surface area contributed by atoms with Crippen molar-refractivity contribution in [3.8, 4) is 11.4 Å². The number of hydrogen-bond acceptors (Lipinski definition) is 3. The first-order valence-corrected chi connectivity index (χ1v) is 5.50. The molecule has 18 heavy (non-hydrogen) atoms. The van der Waals surface area contributed by atoms with Gasteiger partial charge in [-0.1, -0.05) is 36.4 Å². The van der Waals surface area contributed by atoms with Crippen molar-refractivity contribution in [1.82, 2.24) is 9.97 Å². The van der Waals surface area contributed by atoms with E-state index in [4.69, 9.17) is 0 Å².